The monoisotopic (exact) mass is 207 g/mol. The van der Waals surface area contributed by atoms with Gasteiger partial charge in [-0.2, -0.15) is 0 Å². The Hall–Kier alpha value is -0.750. The first-order valence-electron chi connectivity index (χ1n) is 5.08. The molecule has 75 valence electrons. The zero-order valence-electron chi connectivity index (χ0n) is 8.65. The highest BCUT2D eigenvalue weighted by Crippen LogP contribution is 2.21. The van der Waals surface area contributed by atoms with E-state index in [1.165, 1.54) is 24.0 Å². The van der Waals surface area contributed by atoms with E-state index in [9.17, 15) is 0 Å². The third kappa shape index (κ3) is 2.88. The van der Waals surface area contributed by atoms with Gasteiger partial charge in [0.1, 0.15) is 0 Å². The Morgan fingerprint density at radius 2 is 2.36 bits per heavy atom. The van der Waals surface area contributed by atoms with Crippen molar-refractivity contribution in [3.8, 4) is 0 Å². The molecule has 1 radical (unpaired) electrons. The maximum absolute atomic E-state index is 6.08. The summed E-state index contributed by atoms with van der Waals surface area (Å²) in [5, 5.41) is 0.749. The quantitative estimate of drug-likeness (QED) is 0.635. The third-order valence-electron chi connectivity index (χ3n) is 2.30. The topological polar surface area (TPSA) is 0 Å². The summed E-state index contributed by atoms with van der Waals surface area (Å²) >= 11 is 6.08. The molecule has 0 unspecified atom stereocenters. The Balaban J connectivity index is 2.89. The zero-order chi connectivity index (χ0) is 10.4. The van der Waals surface area contributed by atoms with Crippen LogP contribution in [0.2, 0.25) is 5.02 Å². The first kappa shape index (κ1) is 11.3. The van der Waals surface area contributed by atoms with Gasteiger partial charge in [0.15, 0.2) is 0 Å². The van der Waals surface area contributed by atoms with Crippen LogP contribution in [0, 0.1) is 6.07 Å². The standard InChI is InChI=1S/C13H16Cl/c1-3-5-8-11-9-6-10-13(14)12(11)7-4-2/h4,6,9H,2-3,5,7-8H2,1H3. The molecule has 0 fully saturated rings. The molecule has 1 heteroatoms. The number of halogens is 1. The Morgan fingerprint density at radius 3 is 3.00 bits per heavy atom. The summed E-state index contributed by atoms with van der Waals surface area (Å²) in [7, 11) is 0. The van der Waals surface area contributed by atoms with Gasteiger partial charge in [-0.05, 0) is 30.4 Å². The van der Waals surface area contributed by atoms with Crippen molar-refractivity contribution >= 4 is 11.6 Å². The second-order valence-electron chi connectivity index (χ2n) is 3.39. The Labute approximate surface area is 91.6 Å². The molecule has 0 aliphatic carbocycles. The summed E-state index contributed by atoms with van der Waals surface area (Å²) in [4.78, 5) is 0. The molecular formula is C13H16Cl. The Kier molecular flexibility index (Phi) is 4.75. The molecule has 0 saturated carbocycles. The van der Waals surface area contributed by atoms with Gasteiger partial charge in [-0.25, -0.2) is 0 Å². The number of aryl methyl sites for hydroxylation is 1. The smallest absolute Gasteiger partial charge is 0.0522 e. The number of benzene rings is 1. The first-order chi connectivity index (χ1) is 6.79. The van der Waals surface area contributed by atoms with Gasteiger partial charge in [0.2, 0.25) is 0 Å². The molecule has 0 heterocycles. The molecule has 1 aromatic rings. The number of allylic oxidation sites excluding steroid dienone is 1. The largest absolute Gasteiger partial charge is 0.103 e. The fourth-order valence-corrected chi connectivity index (χ4v) is 1.77. The van der Waals surface area contributed by atoms with Gasteiger partial charge >= 0.3 is 0 Å². The zero-order valence-corrected chi connectivity index (χ0v) is 9.40. The SMILES string of the molecule is C=CCc1c(Cl)[c]ccc1CCCC. The summed E-state index contributed by atoms with van der Waals surface area (Å²) in [5.41, 5.74) is 2.54. The van der Waals surface area contributed by atoms with E-state index >= 15 is 0 Å². The molecule has 0 aromatic heterocycles. The fourth-order valence-electron chi connectivity index (χ4n) is 1.51. The molecule has 0 amide bonds. The maximum Gasteiger partial charge on any atom is 0.0522 e. The van der Waals surface area contributed by atoms with Crippen LogP contribution >= 0.6 is 11.6 Å². The summed E-state index contributed by atoms with van der Waals surface area (Å²) in [6, 6.07) is 7.03. The minimum absolute atomic E-state index is 0.749. The van der Waals surface area contributed by atoms with Crippen molar-refractivity contribution in [2.24, 2.45) is 0 Å². The van der Waals surface area contributed by atoms with Crippen molar-refractivity contribution in [2.75, 3.05) is 0 Å². The lowest BCUT2D eigenvalue weighted by molar-refractivity contribution is 0.789. The van der Waals surface area contributed by atoms with Gasteiger partial charge in [0.05, 0.1) is 5.02 Å². The van der Waals surface area contributed by atoms with Crippen molar-refractivity contribution in [1.82, 2.24) is 0 Å². The molecule has 0 atom stereocenters. The number of unbranched alkanes of at least 4 members (excludes halogenated alkanes) is 1. The van der Waals surface area contributed by atoms with Crippen LogP contribution in [0.1, 0.15) is 30.9 Å². The lowest BCUT2D eigenvalue weighted by Gasteiger charge is -2.08. The van der Waals surface area contributed by atoms with E-state index in [2.05, 4.69) is 25.6 Å². The van der Waals surface area contributed by atoms with Crippen LogP contribution in [0.4, 0.5) is 0 Å². The molecule has 0 aliphatic rings. The number of hydrogen-bond donors (Lipinski definition) is 0. The van der Waals surface area contributed by atoms with E-state index in [-0.39, 0.29) is 0 Å². The number of hydrogen-bond acceptors (Lipinski definition) is 0. The van der Waals surface area contributed by atoms with E-state index in [0.717, 1.165) is 17.9 Å². The van der Waals surface area contributed by atoms with Gasteiger partial charge in [-0.1, -0.05) is 43.2 Å². The van der Waals surface area contributed by atoms with E-state index in [4.69, 9.17) is 11.6 Å². The van der Waals surface area contributed by atoms with E-state index in [1.807, 2.05) is 12.1 Å². The van der Waals surface area contributed by atoms with E-state index in [0.29, 0.717) is 0 Å². The van der Waals surface area contributed by atoms with Crippen LogP contribution < -0.4 is 0 Å². The van der Waals surface area contributed by atoms with Crippen molar-refractivity contribution in [3.63, 3.8) is 0 Å². The summed E-state index contributed by atoms with van der Waals surface area (Å²) in [6.45, 7) is 5.94. The molecule has 0 aliphatic heterocycles. The maximum atomic E-state index is 6.08. The molecule has 0 spiro atoms. The van der Waals surface area contributed by atoms with Crippen LogP contribution in [0.5, 0.6) is 0 Å². The average molecular weight is 208 g/mol. The van der Waals surface area contributed by atoms with Crippen molar-refractivity contribution < 1.29 is 0 Å². The highest BCUT2D eigenvalue weighted by molar-refractivity contribution is 6.31. The lowest BCUT2D eigenvalue weighted by Crippen LogP contribution is -1.94. The molecule has 1 rings (SSSR count). The van der Waals surface area contributed by atoms with Gasteiger partial charge in [0.25, 0.3) is 0 Å². The summed E-state index contributed by atoms with van der Waals surface area (Å²) < 4.78 is 0. The second kappa shape index (κ2) is 5.87. The van der Waals surface area contributed by atoms with Crippen LogP contribution in [0.3, 0.4) is 0 Å². The molecule has 14 heavy (non-hydrogen) atoms. The summed E-state index contributed by atoms with van der Waals surface area (Å²) in [6.07, 6.45) is 6.27. The number of rotatable bonds is 5. The average Bonchev–Trinajstić information content (AvgIpc) is 2.19. The van der Waals surface area contributed by atoms with Crippen LogP contribution in [0.25, 0.3) is 0 Å². The van der Waals surface area contributed by atoms with Crippen LogP contribution in [0.15, 0.2) is 24.8 Å². The minimum Gasteiger partial charge on any atom is -0.103 e. The molecule has 0 bridgehead atoms. The van der Waals surface area contributed by atoms with Crippen molar-refractivity contribution in [1.29, 1.82) is 0 Å². The predicted octanol–water partition coefficient (Wildman–Crippen LogP) is 4.21. The molecule has 0 nitrogen and oxygen atoms in total. The first-order valence-corrected chi connectivity index (χ1v) is 5.46. The molecule has 0 N–H and O–H groups in total. The predicted molar refractivity (Wildman–Crippen MR) is 62.8 cm³/mol. The van der Waals surface area contributed by atoms with Gasteiger partial charge in [0, 0.05) is 6.07 Å². The van der Waals surface area contributed by atoms with Crippen molar-refractivity contribution in [3.05, 3.63) is 47.0 Å². The second-order valence-corrected chi connectivity index (χ2v) is 3.77. The van der Waals surface area contributed by atoms with Gasteiger partial charge in [-0.15, -0.1) is 6.58 Å². The highest BCUT2D eigenvalue weighted by Gasteiger charge is 2.04. The van der Waals surface area contributed by atoms with E-state index < -0.39 is 0 Å². The van der Waals surface area contributed by atoms with E-state index in [1.54, 1.807) is 0 Å². The minimum atomic E-state index is 0.749. The Morgan fingerprint density at radius 1 is 1.57 bits per heavy atom. The normalized spacial score (nSPS) is 10.1. The van der Waals surface area contributed by atoms with Crippen LogP contribution in [-0.4, -0.2) is 0 Å². The molecule has 0 saturated heterocycles. The Bertz CT molecular complexity index is 302. The molecule has 1 aromatic carbocycles. The van der Waals surface area contributed by atoms with Gasteiger partial charge < -0.3 is 0 Å². The summed E-state index contributed by atoms with van der Waals surface area (Å²) in [5.74, 6) is 0. The van der Waals surface area contributed by atoms with Gasteiger partial charge in [-0.3, -0.25) is 0 Å². The fraction of sp³-hybridized carbons (Fsp3) is 0.385. The van der Waals surface area contributed by atoms with Crippen molar-refractivity contribution in [2.45, 2.75) is 32.6 Å². The molecular weight excluding hydrogens is 192 g/mol. The third-order valence-corrected chi connectivity index (χ3v) is 2.63. The van der Waals surface area contributed by atoms with Crippen LogP contribution in [-0.2, 0) is 12.8 Å². The lowest BCUT2D eigenvalue weighted by atomic mass is 10.00. The highest BCUT2D eigenvalue weighted by atomic mass is 35.5.